The predicted molar refractivity (Wildman–Crippen MR) is 97.3 cm³/mol. The molecule has 0 aliphatic rings. The quantitative estimate of drug-likeness (QED) is 0.720. The van der Waals surface area contributed by atoms with Crippen LogP contribution in [0.25, 0.3) is 0 Å². The van der Waals surface area contributed by atoms with Crippen LogP contribution in [0.3, 0.4) is 0 Å². The second-order valence-corrected chi connectivity index (χ2v) is 6.06. The fourth-order valence-electron chi connectivity index (χ4n) is 2.38. The van der Waals surface area contributed by atoms with Crippen LogP contribution in [0.4, 0.5) is 0 Å². The summed E-state index contributed by atoms with van der Waals surface area (Å²) < 4.78 is 11.0. The average molecular weight is 357 g/mol. The molecular formula is C20H23NO5. The van der Waals surface area contributed by atoms with E-state index in [1.165, 1.54) is 0 Å². The van der Waals surface area contributed by atoms with Crippen LogP contribution in [0.15, 0.2) is 54.6 Å². The zero-order chi connectivity index (χ0) is 18.9. The first-order valence-corrected chi connectivity index (χ1v) is 8.39. The van der Waals surface area contributed by atoms with Gasteiger partial charge in [-0.25, -0.2) is 0 Å². The second kappa shape index (κ2) is 9.46. The maximum atomic E-state index is 12.1. The fourth-order valence-corrected chi connectivity index (χ4v) is 2.38. The lowest BCUT2D eigenvalue weighted by atomic mass is 10.0. The highest BCUT2D eigenvalue weighted by atomic mass is 16.5. The number of hydrogen-bond donors (Lipinski definition) is 2. The van der Waals surface area contributed by atoms with E-state index in [1.54, 1.807) is 48.5 Å². The summed E-state index contributed by atoms with van der Waals surface area (Å²) in [5.41, 5.74) is 0.691. The molecule has 1 atom stereocenters. The zero-order valence-corrected chi connectivity index (χ0v) is 14.8. The van der Waals surface area contributed by atoms with E-state index in [9.17, 15) is 9.59 Å². The molecule has 138 valence electrons. The molecule has 0 aliphatic carbocycles. The van der Waals surface area contributed by atoms with Crippen LogP contribution in [0, 0.1) is 0 Å². The SMILES string of the molecule is CC(C)Oc1ccc([C@@H](CC(=O)O)NC(=O)COc2ccccc2)cc1. The smallest absolute Gasteiger partial charge is 0.305 e. The van der Waals surface area contributed by atoms with Gasteiger partial charge in [0.05, 0.1) is 18.6 Å². The minimum absolute atomic E-state index is 0.0468. The van der Waals surface area contributed by atoms with Gasteiger partial charge in [0.1, 0.15) is 11.5 Å². The highest BCUT2D eigenvalue weighted by Gasteiger charge is 2.18. The molecule has 0 aromatic heterocycles. The monoisotopic (exact) mass is 357 g/mol. The van der Waals surface area contributed by atoms with Crippen LogP contribution >= 0.6 is 0 Å². The molecule has 6 heteroatoms. The van der Waals surface area contributed by atoms with Gasteiger partial charge in [0, 0.05) is 0 Å². The van der Waals surface area contributed by atoms with E-state index in [1.807, 2.05) is 19.9 Å². The highest BCUT2D eigenvalue weighted by molar-refractivity contribution is 5.79. The molecule has 26 heavy (non-hydrogen) atoms. The lowest BCUT2D eigenvalue weighted by Gasteiger charge is -2.18. The Morgan fingerprint density at radius 1 is 1.00 bits per heavy atom. The summed E-state index contributed by atoms with van der Waals surface area (Å²) in [5.74, 6) is -0.117. The number of amides is 1. The number of aliphatic carboxylic acids is 1. The molecule has 2 rings (SSSR count). The molecule has 2 aromatic rings. The molecule has 0 radical (unpaired) electrons. The molecule has 0 unspecified atom stereocenters. The third kappa shape index (κ3) is 6.47. The molecule has 1 amide bonds. The van der Waals surface area contributed by atoms with Crippen LogP contribution in [0.1, 0.15) is 31.9 Å². The van der Waals surface area contributed by atoms with Gasteiger partial charge < -0.3 is 19.9 Å². The minimum atomic E-state index is -0.998. The lowest BCUT2D eigenvalue weighted by molar-refractivity contribution is -0.137. The Labute approximate surface area is 152 Å². The number of carboxylic acid groups (broad SMARTS) is 1. The third-order valence-electron chi connectivity index (χ3n) is 3.48. The number of para-hydroxylation sites is 1. The van der Waals surface area contributed by atoms with E-state index >= 15 is 0 Å². The Balaban J connectivity index is 1.99. The summed E-state index contributed by atoms with van der Waals surface area (Å²) >= 11 is 0. The van der Waals surface area contributed by atoms with Crippen molar-refractivity contribution in [3.8, 4) is 11.5 Å². The summed E-state index contributed by atoms with van der Waals surface area (Å²) in [6, 6.07) is 15.3. The van der Waals surface area contributed by atoms with Gasteiger partial charge in [-0.1, -0.05) is 30.3 Å². The third-order valence-corrected chi connectivity index (χ3v) is 3.48. The van der Waals surface area contributed by atoms with E-state index in [4.69, 9.17) is 14.6 Å². The molecule has 0 aliphatic heterocycles. The topological polar surface area (TPSA) is 84.9 Å². The fraction of sp³-hybridized carbons (Fsp3) is 0.300. The van der Waals surface area contributed by atoms with Gasteiger partial charge >= 0.3 is 5.97 Å². The molecular weight excluding hydrogens is 334 g/mol. The molecule has 0 saturated heterocycles. The summed E-state index contributed by atoms with van der Waals surface area (Å²) in [4.78, 5) is 23.3. The van der Waals surface area contributed by atoms with E-state index in [0.29, 0.717) is 17.1 Å². The Kier molecular flexibility index (Phi) is 7.02. The Hall–Kier alpha value is -3.02. The van der Waals surface area contributed by atoms with Gasteiger partial charge in [0.25, 0.3) is 5.91 Å². The molecule has 0 saturated carbocycles. The normalized spacial score (nSPS) is 11.7. The van der Waals surface area contributed by atoms with Crippen LogP contribution < -0.4 is 14.8 Å². The van der Waals surface area contributed by atoms with Crippen LogP contribution in [0.5, 0.6) is 11.5 Å². The van der Waals surface area contributed by atoms with Crippen molar-refractivity contribution in [3.63, 3.8) is 0 Å². The van der Waals surface area contributed by atoms with Gasteiger partial charge in [-0.15, -0.1) is 0 Å². The Bertz CT molecular complexity index is 713. The van der Waals surface area contributed by atoms with Crippen LogP contribution in [0.2, 0.25) is 0 Å². The maximum absolute atomic E-state index is 12.1. The van der Waals surface area contributed by atoms with Crippen molar-refractivity contribution in [3.05, 3.63) is 60.2 Å². The lowest BCUT2D eigenvalue weighted by Crippen LogP contribution is -2.33. The highest BCUT2D eigenvalue weighted by Crippen LogP contribution is 2.21. The number of carbonyl (C=O) groups is 2. The largest absolute Gasteiger partial charge is 0.491 e. The summed E-state index contributed by atoms with van der Waals surface area (Å²) in [6.45, 7) is 3.66. The maximum Gasteiger partial charge on any atom is 0.305 e. The summed E-state index contributed by atoms with van der Waals surface area (Å²) in [7, 11) is 0. The van der Waals surface area contributed by atoms with Crippen molar-refractivity contribution in [1.29, 1.82) is 0 Å². The second-order valence-electron chi connectivity index (χ2n) is 6.06. The van der Waals surface area contributed by atoms with Crippen molar-refractivity contribution < 1.29 is 24.2 Å². The number of hydrogen-bond acceptors (Lipinski definition) is 4. The number of benzene rings is 2. The van der Waals surface area contributed by atoms with E-state index in [-0.39, 0.29) is 25.0 Å². The van der Waals surface area contributed by atoms with Gasteiger partial charge in [0.2, 0.25) is 0 Å². The van der Waals surface area contributed by atoms with Gasteiger partial charge in [-0.05, 0) is 43.7 Å². The molecule has 0 fully saturated rings. The van der Waals surface area contributed by atoms with Crippen LogP contribution in [-0.2, 0) is 9.59 Å². The van der Waals surface area contributed by atoms with Crippen molar-refractivity contribution in [2.75, 3.05) is 6.61 Å². The molecule has 0 spiro atoms. The van der Waals surface area contributed by atoms with Crippen molar-refractivity contribution in [2.24, 2.45) is 0 Å². The summed E-state index contributed by atoms with van der Waals surface area (Å²) in [5, 5.41) is 11.8. The predicted octanol–water partition coefficient (Wildman–Crippen LogP) is 3.18. The zero-order valence-electron chi connectivity index (χ0n) is 14.8. The van der Waals surface area contributed by atoms with Crippen LogP contribution in [-0.4, -0.2) is 29.7 Å². The number of ether oxygens (including phenoxy) is 2. The van der Waals surface area contributed by atoms with Crippen molar-refractivity contribution in [2.45, 2.75) is 32.4 Å². The van der Waals surface area contributed by atoms with E-state index in [2.05, 4.69) is 5.32 Å². The van der Waals surface area contributed by atoms with Crippen molar-refractivity contribution >= 4 is 11.9 Å². The average Bonchev–Trinajstić information content (AvgIpc) is 2.60. The molecule has 0 bridgehead atoms. The Morgan fingerprint density at radius 3 is 2.23 bits per heavy atom. The number of carbonyl (C=O) groups excluding carboxylic acids is 1. The molecule has 0 heterocycles. The minimum Gasteiger partial charge on any atom is -0.491 e. The first-order valence-electron chi connectivity index (χ1n) is 8.39. The summed E-state index contributed by atoms with van der Waals surface area (Å²) in [6.07, 6.45) is -0.174. The van der Waals surface area contributed by atoms with Gasteiger partial charge in [-0.3, -0.25) is 9.59 Å². The number of carboxylic acids is 1. The number of rotatable bonds is 9. The standard InChI is InChI=1S/C20H23NO5/c1-14(2)26-17-10-8-15(9-11-17)18(12-20(23)24)21-19(22)13-25-16-6-4-3-5-7-16/h3-11,14,18H,12-13H2,1-2H3,(H,21,22)(H,23,24)/t18-/m1/s1. The molecule has 2 N–H and O–H groups in total. The van der Waals surface area contributed by atoms with Crippen molar-refractivity contribution in [1.82, 2.24) is 5.32 Å². The Morgan fingerprint density at radius 2 is 1.65 bits per heavy atom. The number of nitrogens with one attached hydrogen (secondary N) is 1. The molecule has 6 nitrogen and oxygen atoms in total. The first-order chi connectivity index (χ1) is 12.4. The van der Waals surface area contributed by atoms with E-state index < -0.39 is 12.0 Å². The van der Waals surface area contributed by atoms with E-state index in [0.717, 1.165) is 0 Å². The van der Waals surface area contributed by atoms with Gasteiger partial charge in [0.15, 0.2) is 6.61 Å². The molecule has 2 aromatic carbocycles. The van der Waals surface area contributed by atoms with Gasteiger partial charge in [-0.2, -0.15) is 0 Å². The first kappa shape index (κ1) is 19.3.